The number of carbonyl (C=O) groups excluding carboxylic acids is 1. The van der Waals surface area contributed by atoms with Crippen molar-refractivity contribution in [2.24, 2.45) is 5.41 Å². The molecular formula is C19H23NO3S. The third-order valence-corrected chi connectivity index (χ3v) is 4.57. The van der Waals surface area contributed by atoms with E-state index >= 15 is 0 Å². The van der Waals surface area contributed by atoms with Gasteiger partial charge in [0, 0.05) is 27.6 Å². The van der Waals surface area contributed by atoms with Crippen LogP contribution >= 0.6 is 0 Å². The number of benzene rings is 2. The van der Waals surface area contributed by atoms with Crippen LogP contribution in [-0.4, -0.2) is 23.0 Å². The minimum Gasteiger partial charge on any atom is -0.376 e. The van der Waals surface area contributed by atoms with Gasteiger partial charge < -0.3 is 10.1 Å². The average molecular weight is 345 g/mol. The third kappa shape index (κ3) is 5.28. The average Bonchev–Trinajstić information content (AvgIpc) is 2.56. The molecule has 0 radical (unpaired) electrons. The Morgan fingerprint density at radius 1 is 1.08 bits per heavy atom. The maximum Gasteiger partial charge on any atom is 0.232 e. The van der Waals surface area contributed by atoms with Gasteiger partial charge in [0.1, 0.15) is 0 Å². The van der Waals surface area contributed by atoms with Crippen LogP contribution in [0, 0.1) is 5.41 Å². The van der Waals surface area contributed by atoms with Gasteiger partial charge in [-0.15, -0.1) is 0 Å². The van der Waals surface area contributed by atoms with Crippen molar-refractivity contribution in [1.82, 2.24) is 0 Å². The molecule has 1 amide bonds. The second-order valence-corrected chi connectivity index (χ2v) is 7.67. The standard InChI is InChI=1S/C19H23NO3S/c1-19(2,14-23-13-15-7-5-4-6-8-15)18(21)20-16-9-11-17(12-10-16)24(3)22/h4-12H,13-14H2,1-3H3,(H,20,21). The first kappa shape index (κ1) is 18.4. The van der Waals surface area contributed by atoms with Gasteiger partial charge in [-0.05, 0) is 43.7 Å². The quantitative estimate of drug-likeness (QED) is 0.834. The highest BCUT2D eigenvalue weighted by molar-refractivity contribution is 7.84. The maximum atomic E-state index is 12.4. The van der Waals surface area contributed by atoms with E-state index in [4.69, 9.17) is 4.74 Å². The van der Waals surface area contributed by atoms with Crippen LogP contribution in [0.1, 0.15) is 19.4 Å². The summed E-state index contributed by atoms with van der Waals surface area (Å²) in [7, 11) is -1.02. The highest BCUT2D eigenvalue weighted by Gasteiger charge is 2.28. The van der Waals surface area contributed by atoms with E-state index in [9.17, 15) is 9.00 Å². The molecule has 2 rings (SSSR count). The molecule has 0 aliphatic rings. The smallest absolute Gasteiger partial charge is 0.232 e. The molecule has 0 bridgehead atoms. The molecule has 0 spiro atoms. The summed E-state index contributed by atoms with van der Waals surface area (Å²) in [5.74, 6) is -0.110. The zero-order valence-electron chi connectivity index (χ0n) is 14.2. The van der Waals surface area contributed by atoms with Crippen molar-refractivity contribution >= 4 is 22.4 Å². The van der Waals surface area contributed by atoms with Gasteiger partial charge in [0.2, 0.25) is 5.91 Å². The molecule has 2 aromatic carbocycles. The molecule has 1 N–H and O–H groups in total. The summed E-state index contributed by atoms with van der Waals surface area (Å²) in [6.07, 6.45) is 1.63. The first-order chi connectivity index (χ1) is 11.4. The van der Waals surface area contributed by atoms with Crippen molar-refractivity contribution in [3.8, 4) is 0 Å². The van der Waals surface area contributed by atoms with Crippen LogP contribution in [0.5, 0.6) is 0 Å². The fourth-order valence-corrected chi connectivity index (χ4v) is 2.61. The molecule has 0 aliphatic carbocycles. The fraction of sp³-hybridized carbons (Fsp3) is 0.316. The SMILES string of the molecule is CS(=O)c1ccc(NC(=O)C(C)(C)COCc2ccccc2)cc1. The van der Waals surface area contributed by atoms with Crippen LogP contribution in [0.15, 0.2) is 59.5 Å². The molecular weight excluding hydrogens is 322 g/mol. The Hall–Kier alpha value is -1.98. The Labute approximate surface area is 145 Å². The number of hydrogen-bond donors (Lipinski definition) is 1. The highest BCUT2D eigenvalue weighted by Crippen LogP contribution is 2.20. The summed E-state index contributed by atoms with van der Waals surface area (Å²) in [5.41, 5.74) is 1.11. The zero-order chi connectivity index (χ0) is 17.6. The minimum atomic E-state index is -1.02. The molecule has 24 heavy (non-hydrogen) atoms. The summed E-state index contributed by atoms with van der Waals surface area (Å²) in [5, 5.41) is 2.88. The molecule has 0 aliphatic heterocycles. The largest absolute Gasteiger partial charge is 0.376 e. The number of ether oxygens (including phenoxy) is 1. The lowest BCUT2D eigenvalue weighted by Crippen LogP contribution is -2.34. The van der Waals surface area contributed by atoms with E-state index in [1.165, 1.54) is 0 Å². The van der Waals surface area contributed by atoms with Crippen LogP contribution in [0.2, 0.25) is 0 Å². The second kappa shape index (κ2) is 8.22. The fourth-order valence-electron chi connectivity index (χ4n) is 2.09. The number of hydrogen-bond acceptors (Lipinski definition) is 3. The summed E-state index contributed by atoms with van der Waals surface area (Å²) in [6.45, 7) is 4.50. The predicted octanol–water partition coefficient (Wildman–Crippen LogP) is 3.61. The van der Waals surface area contributed by atoms with Crippen LogP contribution in [0.4, 0.5) is 5.69 Å². The number of carbonyl (C=O) groups is 1. The van der Waals surface area contributed by atoms with Gasteiger partial charge in [-0.3, -0.25) is 9.00 Å². The lowest BCUT2D eigenvalue weighted by atomic mass is 9.93. The van der Waals surface area contributed by atoms with Crippen LogP contribution in [0.25, 0.3) is 0 Å². The van der Waals surface area contributed by atoms with E-state index in [2.05, 4.69) is 5.32 Å². The molecule has 0 fully saturated rings. The second-order valence-electron chi connectivity index (χ2n) is 6.29. The van der Waals surface area contributed by atoms with E-state index in [0.29, 0.717) is 18.9 Å². The number of amides is 1. The van der Waals surface area contributed by atoms with Crippen LogP contribution < -0.4 is 5.32 Å². The van der Waals surface area contributed by atoms with E-state index < -0.39 is 16.2 Å². The van der Waals surface area contributed by atoms with E-state index in [0.717, 1.165) is 10.5 Å². The first-order valence-corrected chi connectivity index (χ1v) is 9.31. The molecule has 5 heteroatoms. The van der Waals surface area contributed by atoms with Crippen LogP contribution in [0.3, 0.4) is 0 Å². The number of nitrogens with one attached hydrogen (secondary N) is 1. The van der Waals surface area contributed by atoms with E-state index in [1.54, 1.807) is 30.5 Å². The summed E-state index contributed by atoms with van der Waals surface area (Å²) in [4.78, 5) is 13.2. The van der Waals surface area contributed by atoms with Crippen molar-refractivity contribution in [1.29, 1.82) is 0 Å². The van der Waals surface area contributed by atoms with Crippen molar-refractivity contribution in [2.45, 2.75) is 25.3 Å². The first-order valence-electron chi connectivity index (χ1n) is 7.75. The molecule has 0 heterocycles. The Morgan fingerprint density at radius 2 is 1.71 bits per heavy atom. The van der Waals surface area contributed by atoms with Crippen LogP contribution in [-0.2, 0) is 26.9 Å². The molecule has 0 saturated heterocycles. The van der Waals surface area contributed by atoms with Gasteiger partial charge >= 0.3 is 0 Å². The van der Waals surface area contributed by atoms with Crippen molar-refractivity contribution in [3.05, 3.63) is 60.2 Å². The molecule has 2 aromatic rings. The molecule has 1 atom stereocenters. The zero-order valence-corrected chi connectivity index (χ0v) is 15.1. The molecule has 0 saturated carbocycles. The Kier molecular flexibility index (Phi) is 6.29. The van der Waals surface area contributed by atoms with Crippen molar-refractivity contribution in [2.75, 3.05) is 18.2 Å². The van der Waals surface area contributed by atoms with Gasteiger partial charge in [0.25, 0.3) is 0 Å². The highest BCUT2D eigenvalue weighted by atomic mass is 32.2. The molecule has 128 valence electrons. The number of anilines is 1. The Bertz CT molecular complexity index is 696. The summed E-state index contributed by atoms with van der Waals surface area (Å²) < 4.78 is 17.1. The van der Waals surface area contributed by atoms with Gasteiger partial charge in [-0.1, -0.05) is 30.3 Å². The van der Waals surface area contributed by atoms with E-state index in [1.807, 2.05) is 44.2 Å². The van der Waals surface area contributed by atoms with Gasteiger partial charge in [-0.25, -0.2) is 0 Å². The monoisotopic (exact) mass is 345 g/mol. The van der Waals surface area contributed by atoms with E-state index in [-0.39, 0.29) is 5.91 Å². The normalized spacial score (nSPS) is 12.6. The third-order valence-electron chi connectivity index (χ3n) is 3.63. The Morgan fingerprint density at radius 3 is 2.29 bits per heavy atom. The van der Waals surface area contributed by atoms with Crippen molar-refractivity contribution in [3.63, 3.8) is 0 Å². The van der Waals surface area contributed by atoms with Crippen molar-refractivity contribution < 1.29 is 13.7 Å². The van der Waals surface area contributed by atoms with Gasteiger partial charge in [0.05, 0.1) is 18.6 Å². The molecule has 4 nitrogen and oxygen atoms in total. The topological polar surface area (TPSA) is 55.4 Å². The predicted molar refractivity (Wildman–Crippen MR) is 97.3 cm³/mol. The van der Waals surface area contributed by atoms with Gasteiger partial charge in [0.15, 0.2) is 0 Å². The molecule has 1 unspecified atom stereocenters. The lowest BCUT2D eigenvalue weighted by molar-refractivity contribution is -0.127. The van der Waals surface area contributed by atoms with Gasteiger partial charge in [-0.2, -0.15) is 0 Å². The number of rotatable bonds is 7. The lowest BCUT2D eigenvalue weighted by Gasteiger charge is -2.23. The minimum absolute atomic E-state index is 0.110. The summed E-state index contributed by atoms with van der Waals surface area (Å²) >= 11 is 0. The summed E-state index contributed by atoms with van der Waals surface area (Å²) in [6, 6.07) is 16.9. The Balaban J connectivity index is 1.88. The molecule has 0 aromatic heterocycles. The maximum absolute atomic E-state index is 12.4.